The molecular weight excluding hydrogens is 252 g/mol. The maximum absolute atomic E-state index is 12.4. The van der Waals surface area contributed by atoms with Crippen LogP contribution in [0, 0.1) is 0 Å². The van der Waals surface area contributed by atoms with Crippen LogP contribution in [0.15, 0.2) is 48.8 Å². The second kappa shape index (κ2) is 6.19. The molecule has 0 aliphatic carbocycles. The fraction of sp³-hybridized carbons (Fsp3) is 0.250. The van der Waals surface area contributed by atoms with E-state index in [1.165, 1.54) is 0 Å². The zero-order chi connectivity index (χ0) is 14.5. The van der Waals surface area contributed by atoms with Crippen LogP contribution in [0.2, 0.25) is 0 Å². The van der Waals surface area contributed by atoms with E-state index in [-0.39, 0.29) is 11.9 Å². The van der Waals surface area contributed by atoms with E-state index in [4.69, 9.17) is 4.74 Å². The van der Waals surface area contributed by atoms with Crippen molar-refractivity contribution < 1.29 is 9.53 Å². The molecule has 1 amide bonds. The molecule has 1 atom stereocenters. The number of amides is 1. The molecular formula is C16H18N2O2. The van der Waals surface area contributed by atoms with Crippen molar-refractivity contribution in [3.05, 3.63) is 59.9 Å². The molecule has 4 nitrogen and oxygen atoms in total. The van der Waals surface area contributed by atoms with Gasteiger partial charge in [-0.3, -0.25) is 9.78 Å². The summed E-state index contributed by atoms with van der Waals surface area (Å²) < 4.78 is 5.14. The minimum atomic E-state index is -0.0179. The van der Waals surface area contributed by atoms with Gasteiger partial charge in [0.1, 0.15) is 5.75 Å². The molecule has 0 aliphatic heterocycles. The third-order valence-electron chi connectivity index (χ3n) is 3.43. The standard InChI is InChI=1S/C16H18N2O2/c1-12(13-4-6-15(20-3)7-5-13)18(2)16(19)14-8-10-17-11-9-14/h4-12H,1-3H3. The van der Waals surface area contributed by atoms with Crippen LogP contribution in [0.4, 0.5) is 0 Å². The first kappa shape index (κ1) is 14.1. The van der Waals surface area contributed by atoms with Crippen LogP contribution in [-0.2, 0) is 0 Å². The van der Waals surface area contributed by atoms with E-state index < -0.39 is 0 Å². The van der Waals surface area contributed by atoms with Crippen LogP contribution in [0.1, 0.15) is 28.9 Å². The van der Waals surface area contributed by atoms with Crippen molar-refractivity contribution in [2.24, 2.45) is 0 Å². The number of rotatable bonds is 4. The largest absolute Gasteiger partial charge is 0.497 e. The predicted molar refractivity (Wildman–Crippen MR) is 77.7 cm³/mol. The van der Waals surface area contributed by atoms with E-state index >= 15 is 0 Å². The molecule has 104 valence electrons. The average Bonchev–Trinajstić information content (AvgIpc) is 2.53. The van der Waals surface area contributed by atoms with Gasteiger partial charge in [-0.1, -0.05) is 12.1 Å². The van der Waals surface area contributed by atoms with Crippen molar-refractivity contribution in [2.45, 2.75) is 13.0 Å². The monoisotopic (exact) mass is 270 g/mol. The molecule has 2 rings (SSSR count). The van der Waals surface area contributed by atoms with Gasteiger partial charge in [0.25, 0.3) is 5.91 Å². The topological polar surface area (TPSA) is 42.4 Å². The molecule has 0 aliphatic rings. The molecule has 20 heavy (non-hydrogen) atoms. The maximum Gasteiger partial charge on any atom is 0.254 e. The van der Waals surface area contributed by atoms with Crippen LogP contribution >= 0.6 is 0 Å². The third kappa shape index (κ3) is 2.96. The van der Waals surface area contributed by atoms with E-state index in [1.807, 2.05) is 31.2 Å². The molecule has 0 spiro atoms. The highest BCUT2D eigenvalue weighted by Gasteiger charge is 2.18. The molecule has 0 radical (unpaired) electrons. The Morgan fingerprint density at radius 2 is 1.75 bits per heavy atom. The Hall–Kier alpha value is -2.36. The van der Waals surface area contributed by atoms with E-state index in [1.54, 1.807) is 43.6 Å². The Morgan fingerprint density at radius 1 is 1.15 bits per heavy atom. The molecule has 1 aromatic carbocycles. The number of aromatic nitrogens is 1. The van der Waals surface area contributed by atoms with Gasteiger partial charge in [0.2, 0.25) is 0 Å². The van der Waals surface area contributed by atoms with Gasteiger partial charge in [0.05, 0.1) is 13.2 Å². The van der Waals surface area contributed by atoms with Crippen LogP contribution in [-0.4, -0.2) is 29.9 Å². The first-order valence-corrected chi connectivity index (χ1v) is 6.44. The van der Waals surface area contributed by atoms with Crippen LogP contribution < -0.4 is 4.74 Å². The predicted octanol–water partition coefficient (Wildman–Crippen LogP) is 2.92. The Balaban J connectivity index is 2.15. The molecule has 0 bridgehead atoms. The van der Waals surface area contributed by atoms with Crippen LogP contribution in [0.3, 0.4) is 0 Å². The smallest absolute Gasteiger partial charge is 0.254 e. The van der Waals surface area contributed by atoms with Crippen molar-refractivity contribution >= 4 is 5.91 Å². The molecule has 1 unspecified atom stereocenters. The number of carbonyl (C=O) groups excluding carboxylic acids is 1. The number of hydrogen-bond donors (Lipinski definition) is 0. The highest BCUT2D eigenvalue weighted by atomic mass is 16.5. The van der Waals surface area contributed by atoms with Crippen molar-refractivity contribution in [2.75, 3.05) is 14.2 Å². The first-order valence-electron chi connectivity index (χ1n) is 6.44. The van der Waals surface area contributed by atoms with Gasteiger partial charge in [0, 0.05) is 25.0 Å². The second-order valence-electron chi connectivity index (χ2n) is 4.60. The fourth-order valence-electron chi connectivity index (χ4n) is 1.98. The van der Waals surface area contributed by atoms with Gasteiger partial charge in [-0.25, -0.2) is 0 Å². The number of methoxy groups -OCH3 is 1. The molecule has 0 fully saturated rings. The summed E-state index contributed by atoms with van der Waals surface area (Å²) in [6.07, 6.45) is 3.25. The number of pyridine rings is 1. The Morgan fingerprint density at radius 3 is 2.30 bits per heavy atom. The first-order chi connectivity index (χ1) is 9.63. The molecule has 1 heterocycles. The number of hydrogen-bond acceptors (Lipinski definition) is 3. The Kier molecular flexibility index (Phi) is 4.35. The SMILES string of the molecule is COc1ccc(C(C)N(C)C(=O)c2ccncc2)cc1. The Bertz CT molecular complexity index is 567. The van der Waals surface area contributed by atoms with Gasteiger partial charge in [0.15, 0.2) is 0 Å². The fourth-order valence-corrected chi connectivity index (χ4v) is 1.98. The van der Waals surface area contributed by atoms with Gasteiger partial charge < -0.3 is 9.64 Å². The molecule has 1 aromatic heterocycles. The number of carbonyl (C=O) groups is 1. The second-order valence-corrected chi connectivity index (χ2v) is 4.60. The summed E-state index contributed by atoms with van der Waals surface area (Å²) in [6.45, 7) is 2.00. The van der Waals surface area contributed by atoms with E-state index in [2.05, 4.69) is 4.98 Å². The van der Waals surface area contributed by atoms with Crippen molar-refractivity contribution in [1.29, 1.82) is 0 Å². The van der Waals surface area contributed by atoms with Gasteiger partial charge >= 0.3 is 0 Å². The average molecular weight is 270 g/mol. The highest BCUT2D eigenvalue weighted by molar-refractivity contribution is 5.94. The van der Waals surface area contributed by atoms with Crippen LogP contribution in [0.5, 0.6) is 5.75 Å². The van der Waals surface area contributed by atoms with E-state index in [0.29, 0.717) is 5.56 Å². The van der Waals surface area contributed by atoms with Gasteiger partial charge in [-0.2, -0.15) is 0 Å². The lowest BCUT2D eigenvalue weighted by atomic mass is 10.1. The minimum Gasteiger partial charge on any atom is -0.497 e. The molecule has 0 saturated heterocycles. The normalized spacial score (nSPS) is 11.8. The molecule has 4 heteroatoms. The number of benzene rings is 1. The summed E-state index contributed by atoms with van der Waals surface area (Å²) in [5.74, 6) is 0.791. The Labute approximate surface area is 119 Å². The zero-order valence-electron chi connectivity index (χ0n) is 11.9. The molecule has 0 N–H and O–H groups in total. The van der Waals surface area contributed by atoms with Gasteiger partial charge in [-0.15, -0.1) is 0 Å². The zero-order valence-corrected chi connectivity index (χ0v) is 11.9. The number of ether oxygens (including phenoxy) is 1. The lowest BCUT2D eigenvalue weighted by molar-refractivity contribution is 0.0742. The van der Waals surface area contributed by atoms with Crippen molar-refractivity contribution in [3.63, 3.8) is 0 Å². The summed E-state index contributed by atoms with van der Waals surface area (Å²) in [7, 11) is 3.44. The molecule has 2 aromatic rings. The lowest BCUT2D eigenvalue weighted by Crippen LogP contribution is -2.29. The molecule has 0 saturated carbocycles. The third-order valence-corrected chi connectivity index (χ3v) is 3.43. The number of nitrogens with zero attached hydrogens (tertiary/aromatic N) is 2. The summed E-state index contributed by atoms with van der Waals surface area (Å²) in [4.78, 5) is 18.0. The minimum absolute atomic E-state index is 0.0124. The lowest BCUT2D eigenvalue weighted by Gasteiger charge is -2.25. The summed E-state index contributed by atoms with van der Waals surface area (Å²) in [5, 5.41) is 0. The van der Waals surface area contributed by atoms with Crippen LogP contribution in [0.25, 0.3) is 0 Å². The maximum atomic E-state index is 12.4. The summed E-state index contributed by atoms with van der Waals surface area (Å²) in [5.41, 5.74) is 1.71. The van der Waals surface area contributed by atoms with E-state index in [0.717, 1.165) is 11.3 Å². The van der Waals surface area contributed by atoms with Gasteiger partial charge in [-0.05, 0) is 36.8 Å². The summed E-state index contributed by atoms with van der Waals surface area (Å²) in [6, 6.07) is 11.2. The highest BCUT2D eigenvalue weighted by Crippen LogP contribution is 2.22. The van der Waals surface area contributed by atoms with E-state index in [9.17, 15) is 4.79 Å². The van der Waals surface area contributed by atoms with Crippen molar-refractivity contribution in [1.82, 2.24) is 9.88 Å². The quantitative estimate of drug-likeness (QED) is 0.858. The summed E-state index contributed by atoms with van der Waals surface area (Å²) >= 11 is 0. The van der Waals surface area contributed by atoms with Crippen molar-refractivity contribution in [3.8, 4) is 5.75 Å².